The van der Waals surface area contributed by atoms with Crippen LogP contribution in [0.25, 0.3) is 32.2 Å². The summed E-state index contributed by atoms with van der Waals surface area (Å²) in [5, 5.41) is 3.57. The summed E-state index contributed by atoms with van der Waals surface area (Å²) in [7, 11) is 1.56. The molecule has 1 amide bonds. The maximum atomic E-state index is 13.9. The zero-order valence-electron chi connectivity index (χ0n) is 22.4. The number of thiazole rings is 1. The zero-order chi connectivity index (χ0) is 28.0. The molecule has 1 aliphatic heterocycles. The molecule has 11 heteroatoms. The van der Waals surface area contributed by atoms with Crippen molar-refractivity contribution >= 4 is 50.2 Å². The number of benzene rings is 1. The summed E-state index contributed by atoms with van der Waals surface area (Å²) in [6.07, 6.45) is 2.17. The van der Waals surface area contributed by atoms with Gasteiger partial charge in [-0.15, -0.1) is 11.3 Å². The Morgan fingerprint density at radius 3 is 2.73 bits per heavy atom. The Bertz CT molecular complexity index is 1770. The van der Waals surface area contributed by atoms with Crippen LogP contribution >= 0.6 is 11.3 Å². The number of ketones is 1. The summed E-state index contributed by atoms with van der Waals surface area (Å²) in [5.74, 6) is 0.650. The van der Waals surface area contributed by atoms with Crippen LogP contribution in [-0.4, -0.2) is 56.8 Å². The molecule has 0 radical (unpaired) electrons. The molecular weight excluding hydrogens is 530 g/mol. The van der Waals surface area contributed by atoms with Gasteiger partial charge in [0.1, 0.15) is 17.5 Å². The summed E-state index contributed by atoms with van der Waals surface area (Å²) < 4.78 is 19.4. The molecule has 0 spiro atoms. The van der Waals surface area contributed by atoms with E-state index in [-0.39, 0.29) is 5.78 Å². The molecule has 1 saturated heterocycles. The van der Waals surface area contributed by atoms with Gasteiger partial charge < -0.3 is 18.8 Å². The van der Waals surface area contributed by atoms with Crippen molar-refractivity contribution in [1.29, 1.82) is 0 Å². The number of rotatable bonds is 7. The van der Waals surface area contributed by atoms with Gasteiger partial charge in [0.2, 0.25) is 11.7 Å². The Morgan fingerprint density at radius 2 is 1.98 bits per heavy atom. The van der Waals surface area contributed by atoms with E-state index < -0.39 is 17.8 Å². The van der Waals surface area contributed by atoms with Crippen molar-refractivity contribution in [3.8, 4) is 17.0 Å². The van der Waals surface area contributed by atoms with Gasteiger partial charge in [0, 0.05) is 35.5 Å². The molecule has 0 bridgehead atoms. The normalized spacial score (nSPS) is 14.8. The molecule has 0 saturated carbocycles. The lowest BCUT2D eigenvalue weighted by atomic mass is 10.00. The molecule has 1 aliphatic rings. The molecule has 10 nitrogen and oxygen atoms in total. The first kappa shape index (κ1) is 25.9. The number of epoxide rings is 1. The summed E-state index contributed by atoms with van der Waals surface area (Å²) in [6, 6.07) is 11.4. The zero-order valence-corrected chi connectivity index (χ0v) is 23.2. The monoisotopic (exact) mass is 557 g/mol. The number of hydrogen-bond acceptors (Lipinski definition) is 9. The van der Waals surface area contributed by atoms with Crippen LogP contribution in [0, 0.1) is 0 Å². The van der Waals surface area contributed by atoms with E-state index in [0.29, 0.717) is 36.1 Å². The lowest BCUT2D eigenvalue weighted by Crippen LogP contribution is -2.27. The lowest BCUT2D eigenvalue weighted by molar-refractivity contribution is 0.0635. The minimum absolute atomic E-state index is 0.116. The van der Waals surface area contributed by atoms with Gasteiger partial charge in [0.05, 0.1) is 40.7 Å². The minimum atomic E-state index is -0.642. The molecule has 1 unspecified atom stereocenters. The number of methoxy groups -OCH3 is 1. The molecule has 4 aromatic heterocycles. The first-order chi connectivity index (χ1) is 19.2. The van der Waals surface area contributed by atoms with Crippen molar-refractivity contribution in [2.24, 2.45) is 0 Å². The minimum Gasteiger partial charge on any atom is -0.481 e. The average molecular weight is 558 g/mol. The highest BCUT2D eigenvalue weighted by molar-refractivity contribution is 7.16. The van der Waals surface area contributed by atoms with Crippen LogP contribution < -0.4 is 10.1 Å². The first-order valence-electron chi connectivity index (χ1n) is 12.7. The molecule has 204 valence electrons. The topological polar surface area (TPSA) is 121 Å². The summed E-state index contributed by atoms with van der Waals surface area (Å²) in [4.78, 5) is 39.4. The van der Waals surface area contributed by atoms with Crippen LogP contribution in [0.3, 0.4) is 0 Å². The number of carbonyl (C=O) groups excluding carboxylic acids is 2. The fraction of sp³-hybridized carbons (Fsp3) is 0.276. The highest BCUT2D eigenvalue weighted by Gasteiger charge is 2.37. The van der Waals surface area contributed by atoms with E-state index in [4.69, 9.17) is 14.2 Å². The maximum absolute atomic E-state index is 13.9. The van der Waals surface area contributed by atoms with Crippen molar-refractivity contribution in [2.45, 2.75) is 39.0 Å². The van der Waals surface area contributed by atoms with E-state index in [1.807, 2.05) is 28.8 Å². The van der Waals surface area contributed by atoms with Crippen molar-refractivity contribution in [1.82, 2.24) is 19.5 Å². The van der Waals surface area contributed by atoms with Gasteiger partial charge in [-0.05, 0) is 62.7 Å². The van der Waals surface area contributed by atoms with E-state index >= 15 is 0 Å². The van der Waals surface area contributed by atoms with Gasteiger partial charge in [-0.3, -0.25) is 10.1 Å². The molecule has 0 aliphatic carbocycles. The third kappa shape index (κ3) is 5.01. The van der Waals surface area contributed by atoms with Gasteiger partial charge in [0.15, 0.2) is 0 Å². The largest absolute Gasteiger partial charge is 0.481 e. The van der Waals surface area contributed by atoms with Crippen LogP contribution in [0.5, 0.6) is 5.88 Å². The van der Waals surface area contributed by atoms with E-state index in [2.05, 4.69) is 26.3 Å². The average Bonchev–Trinajstić information content (AvgIpc) is 3.59. The number of pyridine rings is 2. The predicted molar refractivity (Wildman–Crippen MR) is 152 cm³/mol. The Labute approximate surface area is 233 Å². The van der Waals surface area contributed by atoms with Gasteiger partial charge in [-0.2, -0.15) is 0 Å². The molecule has 1 aromatic carbocycles. The molecule has 1 N–H and O–H groups in total. The van der Waals surface area contributed by atoms with Gasteiger partial charge >= 0.3 is 6.09 Å². The third-order valence-electron chi connectivity index (χ3n) is 6.40. The summed E-state index contributed by atoms with van der Waals surface area (Å²) in [6.45, 7) is 6.09. The van der Waals surface area contributed by atoms with Crippen LogP contribution in [0.1, 0.15) is 36.8 Å². The van der Waals surface area contributed by atoms with Crippen LogP contribution in [0.15, 0.2) is 54.3 Å². The van der Waals surface area contributed by atoms with Gasteiger partial charge in [-0.25, -0.2) is 19.7 Å². The van der Waals surface area contributed by atoms with Crippen LogP contribution in [0.4, 0.5) is 10.6 Å². The second kappa shape index (κ2) is 10.00. The van der Waals surface area contributed by atoms with E-state index in [0.717, 1.165) is 32.2 Å². The quantitative estimate of drug-likeness (QED) is 0.200. The fourth-order valence-electron chi connectivity index (χ4n) is 4.72. The number of fused-ring (bicyclic) bond motifs is 2. The maximum Gasteiger partial charge on any atom is 0.413 e. The first-order valence-corrected chi connectivity index (χ1v) is 13.6. The predicted octanol–water partition coefficient (Wildman–Crippen LogP) is 5.69. The Morgan fingerprint density at radius 1 is 1.15 bits per heavy atom. The fourth-order valence-corrected chi connectivity index (χ4v) is 5.42. The van der Waals surface area contributed by atoms with Gasteiger partial charge in [-0.1, -0.05) is 0 Å². The number of nitrogens with zero attached hydrogens (tertiary/aromatic N) is 4. The van der Waals surface area contributed by atoms with Crippen molar-refractivity contribution in [2.75, 3.05) is 19.0 Å². The number of Topliss-reactive ketones (excluding diaryl/α,β-unsaturated/α-hetero) is 1. The molecule has 5 aromatic rings. The molecule has 1 atom stereocenters. The van der Waals surface area contributed by atoms with E-state index in [9.17, 15) is 9.59 Å². The number of nitrogens with one attached hydrogen (secondary N) is 1. The number of ether oxygens (including phenoxy) is 3. The Balaban J connectivity index is 1.52. The standard InChI is InChI=1S/C29H27N5O5S/c1-29(2,3)39-28(36)33-23-10-16(7-9-30-23)13-34-20-12-19-22(40-15-32-19)11-18(20)24(25(34)26(35)21-14-38-21)17-6-5-8-31-27(17)37-4/h5-12,15,21H,13-14H2,1-4H3,(H,30,33,36). The molecule has 5 heterocycles. The molecular formula is C29H27N5O5S. The molecule has 6 rings (SSSR count). The van der Waals surface area contributed by atoms with Crippen LogP contribution in [0.2, 0.25) is 0 Å². The number of carbonyl (C=O) groups is 2. The molecule has 40 heavy (non-hydrogen) atoms. The number of aromatic nitrogens is 4. The van der Waals surface area contributed by atoms with Crippen LogP contribution in [-0.2, 0) is 16.0 Å². The smallest absolute Gasteiger partial charge is 0.413 e. The second-order valence-corrected chi connectivity index (χ2v) is 11.3. The van der Waals surface area contributed by atoms with Crippen molar-refractivity contribution in [3.05, 3.63) is 65.6 Å². The second-order valence-electron chi connectivity index (χ2n) is 10.4. The summed E-state index contributed by atoms with van der Waals surface area (Å²) >= 11 is 1.54. The highest BCUT2D eigenvalue weighted by Crippen LogP contribution is 2.42. The van der Waals surface area contributed by atoms with E-state index in [1.165, 1.54) is 11.3 Å². The lowest BCUT2D eigenvalue weighted by Gasteiger charge is -2.19. The van der Waals surface area contributed by atoms with Crippen molar-refractivity contribution < 1.29 is 23.8 Å². The number of anilines is 1. The number of hydrogen-bond donors (Lipinski definition) is 1. The van der Waals surface area contributed by atoms with Crippen molar-refractivity contribution in [3.63, 3.8) is 0 Å². The summed E-state index contributed by atoms with van der Waals surface area (Å²) in [5.41, 5.74) is 5.61. The Kier molecular flexibility index (Phi) is 6.47. The van der Waals surface area contributed by atoms with E-state index in [1.54, 1.807) is 51.9 Å². The number of amides is 1. The molecule has 1 fully saturated rings. The SMILES string of the molecule is COc1ncccc1-c1c(C(=O)C2CO2)n(Cc2ccnc(NC(=O)OC(C)(C)C)c2)c2cc3ncsc3cc12. The van der Waals surface area contributed by atoms with Gasteiger partial charge in [0.25, 0.3) is 0 Å². The third-order valence-corrected chi connectivity index (χ3v) is 7.19. The Hall–Kier alpha value is -4.35. The highest BCUT2D eigenvalue weighted by atomic mass is 32.1.